The van der Waals surface area contributed by atoms with Crippen molar-refractivity contribution >= 4 is 51.7 Å². The quantitative estimate of drug-likeness (QED) is 0.269. The molecule has 0 spiro atoms. The third-order valence-corrected chi connectivity index (χ3v) is 7.85. The summed E-state index contributed by atoms with van der Waals surface area (Å²) in [7, 11) is 0. The van der Waals surface area contributed by atoms with Crippen LogP contribution in [-0.2, 0) is 19.4 Å². The number of amides is 1. The third-order valence-electron chi connectivity index (χ3n) is 5.83. The van der Waals surface area contributed by atoms with Crippen LogP contribution >= 0.6 is 34.5 Å². The molecule has 0 aliphatic heterocycles. The molecule has 34 heavy (non-hydrogen) atoms. The average molecular weight is 509 g/mol. The molecule has 0 saturated heterocycles. The van der Waals surface area contributed by atoms with Gasteiger partial charge in [0.25, 0.3) is 5.91 Å². The number of benzene rings is 2. The lowest BCUT2D eigenvalue weighted by molar-refractivity contribution is 0.0951. The van der Waals surface area contributed by atoms with Crippen LogP contribution in [0, 0.1) is 0 Å². The van der Waals surface area contributed by atoms with Gasteiger partial charge in [0, 0.05) is 17.0 Å². The Kier molecular flexibility index (Phi) is 6.86. The second-order valence-electron chi connectivity index (χ2n) is 8.12. The first-order valence-corrected chi connectivity index (χ1v) is 12.7. The summed E-state index contributed by atoms with van der Waals surface area (Å²) in [5.74, 6) is 1.11. The van der Waals surface area contributed by atoms with Crippen molar-refractivity contribution in [1.82, 2.24) is 5.32 Å². The fourth-order valence-corrected chi connectivity index (χ4v) is 5.75. The smallest absolute Gasteiger partial charge is 0.254 e. The monoisotopic (exact) mass is 508 g/mol. The van der Waals surface area contributed by atoms with E-state index in [0.29, 0.717) is 33.7 Å². The molecule has 2 heterocycles. The highest BCUT2D eigenvalue weighted by atomic mass is 35.5. The number of furan rings is 1. The third kappa shape index (κ3) is 4.83. The number of aryl methyl sites for hydroxylation is 1. The number of thiophene rings is 1. The molecule has 0 atom stereocenters. The minimum Gasteiger partial charge on any atom is -0.455 e. The zero-order chi connectivity index (χ0) is 23.5. The number of nitrogens with zero attached hydrogens (tertiary/aromatic N) is 1. The lowest BCUT2D eigenvalue weighted by Gasteiger charge is -2.12. The van der Waals surface area contributed by atoms with Crippen molar-refractivity contribution in [2.75, 3.05) is 0 Å². The molecule has 4 nitrogen and oxygen atoms in total. The van der Waals surface area contributed by atoms with Gasteiger partial charge in [-0.2, -0.15) is 0 Å². The van der Waals surface area contributed by atoms with Crippen molar-refractivity contribution in [3.8, 4) is 11.3 Å². The van der Waals surface area contributed by atoms with Gasteiger partial charge in [0.1, 0.15) is 16.5 Å². The fraction of sp³-hybridized carbons (Fsp3) is 0.185. The molecule has 0 saturated carbocycles. The van der Waals surface area contributed by atoms with Crippen LogP contribution in [0.2, 0.25) is 10.0 Å². The minimum atomic E-state index is -0.0822. The predicted molar refractivity (Wildman–Crippen MR) is 140 cm³/mol. The van der Waals surface area contributed by atoms with E-state index >= 15 is 0 Å². The van der Waals surface area contributed by atoms with Crippen molar-refractivity contribution in [2.45, 2.75) is 32.2 Å². The highest BCUT2D eigenvalue weighted by Crippen LogP contribution is 2.40. The Morgan fingerprint density at radius 3 is 2.71 bits per heavy atom. The summed E-state index contributed by atoms with van der Waals surface area (Å²) in [6, 6.07) is 19.0. The zero-order valence-electron chi connectivity index (χ0n) is 18.3. The Bertz CT molecular complexity index is 1360. The lowest BCUT2D eigenvalue weighted by atomic mass is 9.95. The zero-order valence-corrected chi connectivity index (χ0v) is 20.6. The summed E-state index contributed by atoms with van der Waals surface area (Å²) in [4.78, 5) is 19.2. The Balaban J connectivity index is 1.40. The van der Waals surface area contributed by atoms with Gasteiger partial charge in [-0.25, -0.2) is 4.99 Å². The van der Waals surface area contributed by atoms with Crippen LogP contribution in [-0.4, -0.2) is 12.1 Å². The van der Waals surface area contributed by atoms with E-state index in [9.17, 15) is 4.79 Å². The van der Waals surface area contributed by atoms with Gasteiger partial charge < -0.3 is 9.73 Å². The highest BCUT2D eigenvalue weighted by molar-refractivity contribution is 7.16. The summed E-state index contributed by atoms with van der Waals surface area (Å²) in [6.45, 7) is 0.482. The van der Waals surface area contributed by atoms with E-state index in [1.165, 1.54) is 4.88 Å². The first kappa shape index (κ1) is 22.9. The number of hydrogen-bond donors (Lipinski definition) is 1. The molecule has 7 heteroatoms. The van der Waals surface area contributed by atoms with E-state index in [2.05, 4.69) is 10.3 Å². The summed E-state index contributed by atoms with van der Waals surface area (Å²) in [6.07, 6.45) is 5.80. The average Bonchev–Trinajstić information content (AvgIpc) is 3.48. The Morgan fingerprint density at radius 1 is 1.03 bits per heavy atom. The van der Waals surface area contributed by atoms with Crippen LogP contribution < -0.4 is 5.32 Å². The molecule has 0 unspecified atom stereocenters. The van der Waals surface area contributed by atoms with E-state index < -0.39 is 0 Å². The molecule has 172 valence electrons. The molecule has 1 aliphatic rings. The number of rotatable bonds is 6. The van der Waals surface area contributed by atoms with Crippen LogP contribution in [0.15, 0.2) is 70.1 Å². The van der Waals surface area contributed by atoms with Gasteiger partial charge in [-0.15, -0.1) is 11.3 Å². The molecule has 2 aromatic heterocycles. The number of hydrogen-bond acceptors (Lipinski definition) is 4. The maximum absolute atomic E-state index is 13.2. The van der Waals surface area contributed by atoms with Gasteiger partial charge in [-0.1, -0.05) is 59.6 Å². The molecule has 2 aromatic carbocycles. The van der Waals surface area contributed by atoms with Gasteiger partial charge >= 0.3 is 0 Å². The Labute approximate surface area is 212 Å². The van der Waals surface area contributed by atoms with Crippen molar-refractivity contribution < 1.29 is 9.21 Å². The Hall–Kier alpha value is -2.86. The van der Waals surface area contributed by atoms with Gasteiger partial charge in [0.15, 0.2) is 0 Å². The van der Waals surface area contributed by atoms with Crippen molar-refractivity contribution in [1.29, 1.82) is 0 Å². The molecule has 0 radical (unpaired) electrons. The van der Waals surface area contributed by atoms with Crippen LogP contribution in [0.25, 0.3) is 11.3 Å². The standard InChI is InChI=1S/C27H22Cl2N2O2S/c28-21-11-6-10-19(25(21)29)22-14-13-18(33-22)16-31-27-24(20-9-4-5-12-23(20)34-27)26(32)30-15-17-7-2-1-3-8-17/h1-3,6-8,10-11,13-14,16H,4-5,9,12,15H2,(H,30,32)/b31-16-. The van der Waals surface area contributed by atoms with Gasteiger partial charge in [-0.05, 0) is 61.1 Å². The van der Waals surface area contributed by atoms with E-state index in [-0.39, 0.29) is 5.91 Å². The summed E-state index contributed by atoms with van der Waals surface area (Å²) < 4.78 is 5.95. The molecule has 1 aliphatic carbocycles. The largest absolute Gasteiger partial charge is 0.455 e. The Morgan fingerprint density at radius 2 is 1.85 bits per heavy atom. The van der Waals surface area contributed by atoms with Crippen LogP contribution in [0.3, 0.4) is 0 Å². The van der Waals surface area contributed by atoms with Gasteiger partial charge in [-0.3, -0.25) is 4.79 Å². The number of carbonyl (C=O) groups is 1. The minimum absolute atomic E-state index is 0.0822. The number of aliphatic imine (C=N–C) groups is 1. The summed E-state index contributed by atoms with van der Waals surface area (Å²) >= 11 is 14.1. The second kappa shape index (κ2) is 10.2. The molecule has 4 aromatic rings. The SMILES string of the molecule is O=C(NCc1ccccc1)c1c(/N=C\c2ccc(-c3cccc(Cl)c3Cl)o2)sc2c1CCCC2. The normalized spacial score (nSPS) is 13.2. The van der Waals surface area contributed by atoms with Crippen LogP contribution in [0.1, 0.15) is 45.0 Å². The number of fused-ring (bicyclic) bond motifs is 1. The molecule has 0 fully saturated rings. The number of carbonyl (C=O) groups excluding carboxylic acids is 1. The molecular formula is C27H22Cl2N2O2S. The van der Waals surface area contributed by atoms with Gasteiger partial charge in [0.2, 0.25) is 0 Å². The first-order chi connectivity index (χ1) is 16.6. The van der Waals surface area contributed by atoms with E-state index in [1.54, 1.807) is 23.6 Å². The second-order valence-corrected chi connectivity index (χ2v) is 9.99. The highest BCUT2D eigenvalue weighted by Gasteiger charge is 2.25. The molecular weight excluding hydrogens is 487 g/mol. The fourth-order valence-electron chi connectivity index (χ4n) is 4.13. The van der Waals surface area contributed by atoms with E-state index in [1.807, 2.05) is 54.6 Å². The molecule has 5 rings (SSSR count). The van der Waals surface area contributed by atoms with E-state index in [0.717, 1.165) is 47.4 Å². The van der Waals surface area contributed by atoms with Crippen LogP contribution in [0.4, 0.5) is 5.00 Å². The molecule has 1 N–H and O–H groups in total. The maximum Gasteiger partial charge on any atom is 0.254 e. The summed E-state index contributed by atoms with van der Waals surface area (Å²) in [5, 5.41) is 4.71. The topological polar surface area (TPSA) is 54.6 Å². The van der Waals surface area contributed by atoms with Crippen molar-refractivity contribution in [2.24, 2.45) is 4.99 Å². The van der Waals surface area contributed by atoms with Crippen molar-refractivity contribution in [3.63, 3.8) is 0 Å². The van der Waals surface area contributed by atoms with Crippen LogP contribution in [0.5, 0.6) is 0 Å². The number of halogens is 2. The maximum atomic E-state index is 13.2. The predicted octanol–water partition coefficient (Wildman–Crippen LogP) is 7.87. The molecule has 1 amide bonds. The van der Waals surface area contributed by atoms with Gasteiger partial charge in [0.05, 0.1) is 21.8 Å². The molecule has 0 bridgehead atoms. The number of nitrogens with one attached hydrogen (secondary N) is 1. The first-order valence-electron chi connectivity index (χ1n) is 11.1. The summed E-state index contributed by atoms with van der Waals surface area (Å²) in [5.41, 5.74) is 3.62. The lowest BCUT2D eigenvalue weighted by Crippen LogP contribution is -2.24. The van der Waals surface area contributed by atoms with E-state index in [4.69, 9.17) is 27.6 Å². The van der Waals surface area contributed by atoms with Crippen molar-refractivity contribution in [3.05, 3.63) is 98.0 Å².